The number of carbonyl (C=O) groups is 4. The van der Waals surface area contributed by atoms with Crippen LogP contribution in [0.2, 0.25) is 0 Å². The first-order valence-corrected chi connectivity index (χ1v) is 19.6. The lowest BCUT2D eigenvalue weighted by molar-refractivity contribution is 0.0725. The maximum atomic E-state index is 13.0. The number of hydrogen-bond donors (Lipinski definition) is 0. The van der Waals surface area contributed by atoms with Crippen molar-refractivity contribution < 1.29 is 38.1 Å². The van der Waals surface area contributed by atoms with Crippen molar-refractivity contribution >= 4 is 35.0 Å². The van der Waals surface area contributed by atoms with Crippen LogP contribution in [-0.4, -0.2) is 23.9 Å². The number of benzene rings is 8. The predicted molar refractivity (Wildman–Crippen MR) is 236 cm³/mol. The van der Waals surface area contributed by atoms with Crippen molar-refractivity contribution in [2.75, 3.05) is 0 Å². The monoisotopic (exact) mass is 812 g/mol. The molecule has 0 aliphatic rings. The van der Waals surface area contributed by atoms with E-state index in [1.165, 1.54) is 0 Å². The molecule has 0 amide bonds. The Morgan fingerprint density at radius 3 is 0.565 bits per heavy atom. The molecule has 8 aromatic rings. The minimum absolute atomic E-state index is 0.348. The summed E-state index contributed by atoms with van der Waals surface area (Å²) in [5.74, 6) is -0.565. The summed E-state index contributed by atoms with van der Waals surface area (Å²) in [6.45, 7) is 0. The van der Waals surface area contributed by atoms with Crippen LogP contribution in [0.25, 0.3) is 11.1 Å². The van der Waals surface area contributed by atoms with Gasteiger partial charge in [0.25, 0.3) is 0 Å². The highest BCUT2D eigenvalue weighted by atomic mass is 16.5. The molecule has 8 heteroatoms. The molecule has 0 radical (unpaired) electrons. The molecule has 0 saturated carbocycles. The molecule has 62 heavy (non-hydrogen) atoms. The largest absolute Gasteiger partial charge is 0.423 e. The van der Waals surface area contributed by atoms with Gasteiger partial charge in [0.15, 0.2) is 0 Å². The Balaban J connectivity index is 1.21. The van der Waals surface area contributed by atoms with Gasteiger partial charge in [0.2, 0.25) is 0 Å². The maximum Gasteiger partial charge on any atom is 0.343 e. The van der Waals surface area contributed by atoms with Gasteiger partial charge in [-0.2, -0.15) is 0 Å². The number of rotatable bonds is 12. The SMILES string of the molecule is O=C(Oc1ccc(C(=C(c2ccc(OC(=O)c3ccccc3)cc2)c2ccc(OC(=O)c3ccccc3)cc2)c2ccc(OC(=O)c3ccccc3)cc2)cc1)c1ccccc1. The first-order valence-electron chi connectivity index (χ1n) is 19.6. The fourth-order valence-corrected chi connectivity index (χ4v) is 6.63. The molecule has 0 aliphatic carbocycles. The van der Waals surface area contributed by atoms with Gasteiger partial charge >= 0.3 is 23.9 Å². The first-order chi connectivity index (χ1) is 30.4. The van der Waals surface area contributed by atoms with E-state index < -0.39 is 23.9 Å². The van der Waals surface area contributed by atoms with Gasteiger partial charge < -0.3 is 18.9 Å². The van der Waals surface area contributed by atoms with E-state index in [0.29, 0.717) is 45.3 Å². The second-order valence-corrected chi connectivity index (χ2v) is 13.9. The van der Waals surface area contributed by atoms with E-state index in [1.54, 1.807) is 146 Å². The van der Waals surface area contributed by atoms with Crippen LogP contribution >= 0.6 is 0 Å². The van der Waals surface area contributed by atoms with E-state index in [1.807, 2.05) is 72.8 Å². The van der Waals surface area contributed by atoms with Gasteiger partial charge in [0.05, 0.1) is 22.3 Å². The van der Waals surface area contributed by atoms with Crippen molar-refractivity contribution in [1.82, 2.24) is 0 Å². The molecule has 0 spiro atoms. The molecule has 8 nitrogen and oxygen atoms in total. The molecule has 300 valence electrons. The summed E-state index contributed by atoms with van der Waals surface area (Å²) >= 11 is 0. The second kappa shape index (κ2) is 19.0. The van der Waals surface area contributed by atoms with Gasteiger partial charge in [-0.05, 0) is 130 Å². The Hall–Kier alpha value is -8.62. The van der Waals surface area contributed by atoms with E-state index in [4.69, 9.17) is 18.9 Å². The van der Waals surface area contributed by atoms with Crippen LogP contribution in [0.4, 0.5) is 0 Å². The van der Waals surface area contributed by atoms with Crippen LogP contribution in [0.5, 0.6) is 23.0 Å². The van der Waals surface area contributed by atoms with Gasteiger partial charge in [-0.25, -0.2) is 19.2 Å². The molecule has 8 rings (SSSR count). The molecule has 0 N–H and O–H groups in total. The Labute approximate surface area is 357 Å². The lowest BCUT2D eigenvalue weighted by atomic mass is 9.85. The van der Waals surface area contributed by atoms with Crippen molar-refractivity contribution in [1.29, 1.82) is 0 Å². The molecule has 0 fully saturated rings. The van der Waals surface area contributed by atoms with Crippen molar-refractivity contribution in [3.63, 3.8) is 0 Å². The summed E-state index contributed by atoms with van der Waals surface area (Å²) in [5, 5.41) is 0. The number of esters is 4. The quantitative estimate of drug-likeness (QED) is 0.0682. The molecule has 0 saturated heterocycles. The molecule has 0 bridgehead atoms. The normalized spacial score (nSPS) is 10.5. The molecular formula is C54H36O8. The summed E-state index contributed by atoms with van der Waals surface area (Å²) in [5.41, 5.74) is 6.23. The first kappa shape index (κ1) is 40.2. The summed E-state index contributed by atoms with van der Waals surface area (Å²) in [6.07, 6.45) is 0. The van der Waals surface area contributed by atoms with Crippen molar-refractivity contribution in [3.05, 3.63) is 263 Å². The molecule has 0 unspecified atom stereocenters. The van der Waals surface area contributed by atoms with Gasteiger partial charge in [-0.3, -0.25) is 0 Å². The highest BCUT2D eigenvalue weighted by Gasteiger charge is 2.20. The van der Waals surface area contributed by atoms with Crippen LogP contribution in [0.3, 0.4) is 0 Å². The van der Waals surface area contributed by atoms with Gasteiger partial charge in [0.1, 0.15) is 23.0 Å². The standard InChI is InChI=1S/C54H36O8/c55-51(41-13-5-1-6-14-41)59-45-29-21-37(22-30-45)49(38-23-31-46(32-24-38)60-52(56)42-15-7-2-8-16-42)50(39-25-33-47(34-26-39)61-53(57)43-17-9-3-10-18-43)40-27-35-48(36-28-40)62-54(58)44-19-11-4-12-20-44/h1-36H. The van der Waals surface area contributed by atoms with Gasteiger partial charge in [0, 0.05) is 0 Å². The Morgan fingerprint density at radius 2 is 0.387 bits per heavy atom. The van der Waals surface area contributed by atoms with Crippen LogP contribution in [0.15, 0.2) is 218 Å². The fraction of sp³-hybridized carbons (Fsp3) is 0. The summed E-state index contributed by atoms with van der Waals surface area (Å²) in [4.78, 5) is 51.8. The van der Waals surface area contributed by atoms with E-state index in [0.717, 1.165) is 33.4 Å². The highest BCUT2D eigenvalue weighted by Crippen LogP contribution is 2.39. The van der Waals surface area contributed by atoms with Crippen molar-refractivity contribution in [2.45, 2.75) is 0 Å². The maximum absolute atomic E-state index is 13.0. The molecule has 0 atom stereocenters. The van der Waals surface area contributed by atoms with Crippen LogP contribution < -0.4 is 18.9 Å². The number of carbonyl (C=O) groups excluding carboxylic acids is 4. The molecule has 0 heterocycles. The van der Waals surface area contributed by atoms with E-state index >= 15 is 0 Å². The highest BCUT2D eigenvalue weighted by molar-refractivity contribution is 6.05. The topological polar surface area (TPSA) is 105 Å². The Bertz CT molecular complexity index is 2440. The molecular weight excluding hydrogens is 777 g/mol. The number of ether oxygens (including phenoxy) is 4. The zero-order valence-corrected chi connectivity index (χ0v) is 33.1. The van der Waals surface area contributed by atoms with E-state index in [2.05, 4.69) is 0 Å². The van der Waals surface area contributed by atoms with E-state index in [9.17, 15) is 19.2 Å². The summed E-state index contributed by atoms with van der Waals surface area (Å²) in [6, 6.07) is 63.6. The molecule has 0 aromatic heterocycles. The Kier molecular flexibility index (Phi) is 12.3. The zero-order valence-electron chi connectivity index (χ0n) is 33.1. The van der Waals surface area contributed by atoms with Crippen molar-refractivity contribution in [2.24, 2.45) is 0 Å². The van der Waals surface area contributed by atoms with Crippen LogP contribution in [0.1, 0.15) is 63.7 Å². The smallest absolute Gasteiger partial charge is 0.343 e. The fourth-order valence-electron chi connectivity index (χ4n) is 6.63. The van der Waals surface area contributed by atoms with E-state index in [-0.39, 0.29) is 0 Å². The average Bonchev–Trinajstić information content (AvgIpc) is 3.33. The molecule has 8 aromatic carbocycles. The Morgan fingerprint density at radius 1 is 0.210 bits per heavy atom. The summed E-state index contributed by atoms with van der Waals surface area (Å²) in [7, 11) is 0. The van der Waals surface area contributed by atoms with Crippen LogP contribution in [0, 0.1) is 0 Å². The minimum atomic E-state index is -0.489. The lowest BCUT2D eigenvalue weighted by Gasteiger charge is -2.19. The average molecular weight is 813 g/mol. The van der Waals surface area contributed by atoms with Gasteiger partial charge in [-0.1, -0.05) is 121 Å². The molecule has 0 aliphatic heterocycles. The van der Waals surface area contributed by atoms with Crippen molar-refractivity contribution in [3.8, 4) is 23.0 Å². The predicted octanol–water partition coefficient (Wildman–Crippen LogP) is 11.6. The minimum Gasteiger partial charge on any atom is -0.423 e. The zero-order chi connectivity index (χ0) is 42.7. The summed E-state index contributed by atoms with van der Waals surface area (Å²) < 4.78 is 22.9. The lowest BCUT2D eigenvalue weighted by Crippen LogP contribution is -2.08. The van der Waals surface area contributed by atoms with Gasteiger partial charge in [-0.15, -0.1) is 0 Å². The van der Waals surface area contributed by atoms with Crippen LogP contribution in [-0.2, 0) is 0 Å². The number of hydrogen-bond acceptors (Lipinski definition) is 8. The third kappa shape index (κ3) is 9.80. The third-order valence-electron chi connectivity index (χ3n) is 9.70. The second-order valence-electron chi connectivity index (χ2n) is 13.9. The third-order valence-corrected chi connectivity index (χ3v) is 9.70.